The highest BCUT2D eigenvalue weighted by Crippen LogP contribution is 2.29. The molecule has 0 aromatic heterocycles. The Morgan fingerprint density at radius 3 is 2.50 bits per heavy atom. The summed E-state index contributed by atoms with van der Waals surface area (Å²) < 4.78 is 0. The van der Waals surface area contributed by atoms with E-state index in [1.807, 2.05) is 0 Å². The Morgan fingerprint density at radius 1 is 1.25 bits per heavy atom. The van der Waals surface area contributed by atoms with Crippen LogP contribution in [0.25, 0.3) is 5.57 Å². The maximum atomic E-state index is 6.01. The van der Waals surface area contributed by atoms with Gasteiger partial charge in [-0.2, -0.15) is 0 Å². The molecule has 1 nitrogen and oxygen atoms in total. The summed E-state index contributed by atoms with van der Waals surface area (Å²) in [6.07, 6.45) is 9.11. The van der Waals surface area contributed by atoms with Crippen LogP contribution in [0.2, 0.25) is 0 Å². The van der Waals surface area contributed by atoms with Crippen LogP contribution in [-0.4, -0.2) is 0 Å². The number of hydrogen-bond acceptors (Lipinski definition) is 1. The molecule has 1 heteroatoms. The third-order valence-corrected chi connectivity index (χ3v) is 4.56. The Bertz CT molecular complexity index is 631. The van der Waals surface area contributed by atoms with Gasteiger partial charge in [0.05, 0.1) is 0 Å². The number of unbranched alkanes of at least 4 members (excludes halogenated alkanes) is 2. The first kappa shape index (κ1) is 20.0. The lowest BCUT2D eigenvalue weighted by Crippen LogP contribution is -2.07. The van der Waals surface area contributed by atoms with Crippen LogP contribution in [-0.2, 0) is 0 Å². The van der Waals surface area contributed by atoms with Crippen molar-refractivity contribution in [2.45, 2.75) is 53.4 Å². The molecule has 1 atom stereocenters. The third kappa shape index (κ3) is 5.88. The highest BCUT2D eigenvalue weighted by molar-refractivity contribution is 5.68. The van der Waals surface area contributed by atoms with Crippen LogP contribution in [0.3, 0.4) is 0 Å². The van der Waals surface area contributed by atoms with Crippen LogP contribution in [0.5, 0.6) is 0 Å². The van der Waals surface area contributed by atoms with Crippen LogP contribution in [0.1, 0.15) is 57.6 Å². The van der Waals surface area contributed by atoms with E-state index in [0.29, 0.717) is 11.6 Å². The van der Waals surface area contributed by atoms with Crippen LogP contribution in [0.4, 0.5) is 0 Å². The van der Waals surface area contributed by atoms with Gasteiger partial charge in [0.25, 0.3) is 0 Å². The number of allylic oxidation sites excluding steroid dienone is 5. The van der Waals surface area contributed by atoms with E-state index in [1.54, 1.807) is 0 Å². The largest absolute Gasteiger partial charge is 0.399 e. The number of benzene rings is 1. The molecule has 0 fully saturated rings. The molecule has 0 aliphatic carbocycles. The minimum atomic E-state index is 0.316. The Balaban J connectivity index is 3.23. The summed E-state index contributed by atoms with van der Waals surface area (Å²) in [5.41, 5.74) is 12.7. The monoisotopic (exact) mass is 323 g/mol. The van der Waals surface area contributed by atoms with Gasteiger partial charge in [0.15, 0.2) is 0 Å². The quantitative estimate of drug-likeness (QED) is 0.310. The van der Waals surface area contributed by atoms with Gasteiger partial charge in [-0.3, -0.25) is 0 Å². The molecular formula is C23H33N. The zero-order valence-corrected chi connectivity index (χ0v) is 15.9. The van der Waals surface area contributed by atoms with Crippen LogP contribution >= 0.6 is 0 Å². The summed E-state index contributed by atoms with van der Waals surface area (Å²) in [5, 5.41) is 0. The number of hydrogen-bond donors (Lipinski definition) is 1. The Labute approximate surface area is 148 Å². The van der Waals surface area contributed by atoms with Crippen LogP contribution in [0, 0.1) is 12.8 Å². The number of nitrogens with two attached hydrogens (primary N) is 1. The zero-order valence-electron chi connectivity index (χ0n) is 15.9. The van der Waals surface area contributed by atoms with Crippen molar-refractivity contribution in [3.63, 3.8) is 0 Å². The molecule has 0 radical (unpaired) electrons. The summed E-state index contributed by atoms with van der Waals surface area (Å²) in [6, 6.07) is 8.60. The Kier molecular flexibility index (Phi) is 8.32. The summed E-state index contributed by atoms with van der Waals surface area (Å²) in [5.74, 6) is 0.316. The van der Waals surface area contributed by atoms with Gasteiger partial charge in [0.2, 0.25) is 0 Å². The standard InChI is InChI=1S/C23H33N/c1-7-9-10-13-21(8-2)23(19(5)20(6)24)16-18(4)22-14-11-12-17(3)15-22/h8,11-12,14-16,21H,2,6-7,9-10,13,24H2,1,3-5H3/b18-16+,23-19+. The van der Waals surface area contributed by atoms with Crippen molar-refractivity contribution < 1.29 is 0 Å². The molecule has 0 aliphatic rings. The molecule has 0 saturated heterocycles. The van der Waals surface area contributed by atoms with Crippen molar-refractivity contribution in [2.24, 2.45) is 11.7 Å². The van der Waals surface area contributed by atoms with Gasteiger partial charge in [-0.25, -0.2) is 0 Å². The van der Waals surface area contributed by atoms with E-state index in [-0.39, 0.29) is 0 Å². The summed E-state index contributed by atoms with van der Waals surface area (Å²) in [7, 11) is 0. The molecule has 1 unspecified atom stereocenters. The number of aryl methyl sites for hydroxylation is 1. The van der Waals surface area contributed by atoms with Crippen molar-refractivity contribution in [3.8, 4) is 0 Å². The van der Waals surface area contributed by atoms with Gasteiger partial charge >= 0.3 is 0 Å². The van der Waals surface area contributed by atoms with Gasteiger partial charge in [-0.1, -0.05) is 74.7 Å². The second kappa shape index (κ2) is 9.97. The molecular weight excluding hydrogens is 290 g/mol. The van der Waals surface area contributed by atoms with Crippen molar-refractivity contribution in [3.05, 3.63) is 77.5 Å². The van der Waals surface area contributed by atoms with Gasteiger partial charge in [-0.15, -0.1) is 6.58 Å². The fourth-order valence-corrected chi connectivity index (χ4v) is 2.90. The van der Waals surface area contributed by atoms with Gasteiger partial charge in [0.1, 0.15) is 0 Å². The minimum Gasteiger partial charge on any atom is -0.399 e. The fourth-order valence-electron chi connectivity index (χ4n) is 2.90. The molecule has 1 aromatic rings. The van der Waals surface area contributed by atoms with E-state index in [4.69, 9.17) is 5.73 Å². The first-order chi connectivity index (χ1) is 11.4. The maximum absolute atomic E-state index is 6.01. The lowest BCUT2D eigenvalue weighted by Gasteiger charge is -2.19. The third-order valence-electron chi connectivity index (χ3n) is 4.56. The molecule has 0 spiro atoms. The lowest BCUT2D eigenvalue weighted by atomic mass is 9.87. The molecule has 24 heavy (non-hydrogen) atoms. The van der Waals surface area contributed by atoms with E-state index in [1.165, 1.54) is 41.5 Å². The molecule has 1 rings (SSSR count). The topological polar surface area (TPSA) is 26.0 Å². The minimum absolute atomic E-state index is 0.316. The molecule has 0 heterocycles. The predicted octanol–water partition coefficient (Wildman–Crippen LogP) is 6.57. The molecule has 130 valence electrons. The van der Waals surface area contributed by atoms with Crippen molar-refractivity contribution >= 4 is 5.57 Å². The first-order valence-corrected chi connectivity index (χ1v) is 8.94. The van der Waals surface area contributed by atoms with E-state index in [2.05, 4.69) is 77.3 Å². The molecule has 2 N–H and O–H groups in total. The summed E-state index contributed by atoms with van der Waals surface area (Å²) in [4.78, 5) is 0. The van der Waals surface area contributed by atoms with E-state index >= 15 is 0 Å². The SMILES string of the molecule is C=CC(CCCCC)C(/C=C(\C)c1cccc(C)c1)=C(\C)C(=C)N. The Morgan fingerprint density at radius 2 is 1.96 bits per heavy atom. The smallest absolute Gasteiger partial charge is 0.0273 e. The summed E-state index contributed by atoms with van der Waals surface area (Å²) >= 11 is 0. The predicted molar refractivity (Wildman–Crippen MR) is 109 cm³/mol. The maximum Gasteiger partial charge on any atom is 0.0273 e. The zero-order chi connectivity index (χ0) is 18.1. The molecule has 0 amide bonds. The fraction of sp³-hybridized carbons (Fsp3) is 0.391. The molecule has 0 bridgehead atoms. The normalized spacial score (nSPS) is 14.1. The first-order valence-electron chi connectivity index (χ1n) is 8.94. The highest BCUT2D eigenvalue weighted by atomic mass is 14.6. The van der Waals surface area contributed by atoms with E-state index in [0.717, 1.165) is 12.0 Å². The lowest BCUT2D eigenvalue weighted by molar-refractivity contribution is 0.597. The van der Waals surface area contributed by atoms with Crippen LogP contribution in [0.15, 0.2) is 66.4 Å². The van der Waals surface area contributed by atoms with Crippen molar-refractivity contribution in [2.75, 3.05) is 0 Å². The Hall–Kier alpha value is -2.02. The van der Waals surface area contributed by atoms with Gasteiger partial charge < -0.3 is 5.73 Å². The van der Waals surface area contributed by atoms with Gasteiger partial charge in [-0.05, 0) is 49.5 Å². The molecule has 0 aliphatic heterocycles. The van der Waals surface area contributed by atoms with Crippen LogP contribution < -0.4 is 5.73 Å². The number of rotatable bonds is 9. The second-order valence-electron chi connectivity index (χ2n) is 6.64. The average molecular weight is 324 g/mol. The molecule has 0 saturated carbocycles. The summed E-state index contributed by atoms with van der Waals surface area (Å²) in [6.45, 7) is 16.6. The second-order valence-corrected chi connectivity index (χ2v) is 6.64. The van der Waals surface area contributed by atoms with E-state index < -0.39 is 0 Å². The average Bonchev–Trinajstić information content (AvgIpc) is 2.56. The van der Waals surface area contributed by atoms with Crippen molar-refractivity contribution in [1.82, 2.24) is 0 Å². The van der Waals surface area contributed by atoms with E-state index in [9.17, 15) is 0 Å². The molecule has 1 aromatic carbocycles. The highest BCUT2D eigenvalue weighted by Gasteiger charge is 2.13. The van der Waals surface area contributed by atoms with Crippen molar-refractivity contribution in [1.29, 1.82) is 0 Å². The van der Waals surface area contributed by atoms with Gasteiger partial charge in [0, 0.05) is 11.6 Å².